The largest absolute Gasteiger partial charge is 0.382 e. The van der Waals surface area contributed by atoms with Crippen LogP contribution in [0.4, 0.5) is 5.69 Å². The minimum Gasteiger partial charge on any atom is -0.382 e. The predicted molar refractivity (Wildman–Crippen MR) is 86.1 cm³/mol. The number of carbonyl (C=O) groups is 1. The second-order valence-electron chi connectivity index (χ2n) is 6.15. The van der Waals surface area contributed by atoms with E-state index in [9.17, 15) is 4.79 Å². The number of ether oxygens (including phenoxy) is 1. The van der Waals surface area contributed by atoms with Gasteiger partial charge in [-0.25, -0.2) is 0 Å². The van der Waals surface area contributed by atoms with Crippen LogP contribution in [0.5, 0.6) is 0 Å². The lowest BCUT2D eigenvalue weighted by molar-refractivity contribution is 0.0756. The molecule has 0 radical (unpaired) electrons. The Morgan fingerprint density at radius 1 is 1.27 bits per heavy atom. The molecule has 22 heavy (non-hydrogen) atoms. The number of pyridine rings is 1. The van der Waals surface area contributed by atoms with Gasteiger partial charge in [-0.15, -0.1) is 0 Å². The van der Waals surface area contributed by atoms with Crippen molar-refractivity contribution in [3.8, 4) is 0 Å². The molecule has 1 aromatic rings. The second-order valence-corrected chi connectivity index (χ2v) is 6.15. The first-order chi connectivity index (χ1) is 10.8. The molecule has 5 heteroatoms. The Kier molecular flexibility index (Phi) is 5.27. The van der Waals surface area contributed by atoms with E-state index in [4.69, 9.17) is 4.74 Å². The molecule has 0 aliphatic carbocycles. The summed E-state index contributed by atoms with van der Waals surface area (Å²) in [7, 11) is 0. The van der Waals surface area contributed by atoms with E-state index in [2.05, 4.69) is 10.3 Å². The van der Waals surface area contributed by atoms with Crippen LogP contribution in [0.1, 0.15) is 49.0 Å². The van der Waals surface area contributed by atoms with Crippen LogP contribution in [0.15, 0.2) is 18.3 Å². The topological polar surface area (TPSA) is 54.5 Å². The third-order valence-corrected chi connectivity index (χ3v) is 4.43. The minimum atomic E-state index is 0.0580. The van der Waals surface area contributed by atoms with E-state index < -0.39 is 0 Å². The average Bonchev–Trinajstić information content (AvgIpc) is 2.93. The Bertz CT molecular complexity index is 492. The molecule has 3 heterocycles. The maximum atomic E-state index is 12.6. The van der Waals surface area contributed by atoms with Crippen LogP contribution < -0.4 is 5.32 Å². The van der Waals surface area contributed by atoms with Crippen molar-refractivity contribution < 1.29 is 9.53 Å². The highest BCUT2D eigenvalue weighted by molar-refractivity contribution is 5.93. The number of rotatable bonds is 4. The molecule has 2 fully saturated rings. The zero-order chi connectivity index (χ0) is 15.2. The minimum absolute atomic E-state index is 0.0580. The molecule has 5 nitrogen and oxygen atoms in total. The predicted octanol–water partition coefficient (Wildman–Crippen LogP) is 2.69. The van der Waals surface area contributed by atoms with Crippen molar-refractivity contribution in [2.45, 2.75) is 44.6 Å². The van der Waals surface area contributed by atoms with Crippen LogP contribution in [0.3, 0.4) is 0 Å². The number of carbonyl (C=O) groups excluding carboxylic acids is 1. The quantitative estimate of drug-likeness (QED) is 0.929. The number of hydrogen-bond donors (Lipinski definition) is 1. The second kappa shape index (κ2) is 7.58. The van der Waals surface area contributed by atoms with Crippen LogP contribution >= 0.6 is 0 Å². The number of amides is 1. The number of anilines is 1. The zero-order valence-electron chi connectivity index (χ0n) is 13.1. The first-order valence-electron chi connectivity index (χ1n) is 8.44. The van der Waals surface area contributed by atoms with Crippen molar-refractivity contribution in [3.63, 3.8) is 0 Å². The normalized spacial score (nSPS) is 22.4. The van der Waals surface area contributed by atoms with Crippen LogP contribution in [-0.2, 0) is 4.74 Å². The van der Waals surface area contributed by atoms with Gasteiger partial charge >= 0.3 is 0 Å². The molecular weight excluding hydrogens is 278 g/mol. The smallest absolute Gasteiger partial charge is 0.272 e. The summed E-state index contributed by atoms with van der Waals surface area (Å²) in [5.74, 6) is 0.0580. The fourth-order valence-electron chi connectivity index (χ4n) is 3.13. The summed E-state index contributed by atoms with van der Waals surface area (Å²) in [6.45, 7) is 3.37. The molecule has 1 aromatic heterocycles. The zero-order valence-corrected chi connectivity index (χ0v) is 13.1. The summed E-state index contributed by atoms with van der Waals surface area (Å²) in [6.07, 6.45) is 8.89. The number of aromatic nitrogens is 1. The molecule has 0 saturated carbocycles. The summed E-state index contributed by atoms with van der Waals surface area (Å²) in [4.78, 5) is 18.8. The molecule has 1 N–H and O–H groups in total. The number of nitrogens with zero attached hydrogens (tertiary/aromatic N) is 2. The molecule has 2 saturated heterocycles. The molecule has 1 atom stereocenters. The van der Waals surface area contributed by atoms with Gasteiger partial charge in [0, 0.05) is 38.1 Å². The van der Waals surface area contributed by atoms with Gasteiger partial charge in [0.05, 0.1) is 6.10 Å². The lowest BCUT2D eigenvalue weighted by atomic mass is 10.2. The van der Waals surface area contributed by atoms with Gasteiger partial charge in [0.15, 0.2) is 0 Å². The lowest BCUT2D eigenvalue weighted by Gasteiger charge is -2.20. The van der Waals surface area contributed by atoms with Crippen LogP contribution in [0, 0.1) is 0 Å². The number of hydrogen-bond acceptors (Lipinski definition) is 4. The third kappa shape index (κ3) is 3.97. The first kappa shape index (κ1) is 15.3. The van der Waals surface area contributed by atoms with Crippen molar-refractivity contribution in [2.75, 3.05) is 31.6 Å². The van der Waals surface area contributed by atoms with Crippen LogP contribution in [-0.4, -0.2) is 48.1 Å². The molecule has 0 bridgehead atoms. The summed E-state index contributed by atoms with van der Waals surface area (Å²) in [5.41, 5.74) is 1.49. The van der Waals surface area contributed by atoms with E-state index in [1.165, 1.54) is 12.8 Å². The molecule has 3 rings (SSSR count). The molecule has 1 amide bonds. The molecule has 1 unspecified atom stereocenters. The van der Waals surface area contributed by atoms with Crippen LogP contribution in [0.2, 0.25) is 0 Å². The van der Waals surface area contributed by atoms with Crippen LogP contribution in [0.25, 0.3) is 0 Å². The summed E-state index contributed by atoms with van der Waals surface area (Å²) < 4.78 is 5.61. The monoisotopic (exact) mass is 303 g/mol. The van der Waals surface area contributed by atoms with Gasteiger partial charge in [0.1, 0.15) is 5.69 Å². The van der Waals surface area contributed by atoms with Gasteiger partial charge in [-0.3, -0.25) is 9.78 Å². The van der Waals surface area contributed by atoms with Gasteiger partial charge in [-0.2, -0.15) is 0 Å². The molecular formula is C17H25N3O2. The summed E-state index contributed by atoms with van der Waals surface area (Å²) in [6, 6.07) is 3.77. The van der Waals surface area contributed by atoms with E-state index in [0.717, 1.165) is 57.6 Å². The van der Waals surface area contributed by atoms with Crippen molar-refractivity contribution >= 4 is 11.6 Å². The first-order valence-corrected chi connectivity index (χ1v) is 8.44. The SMILES string of the molecule is O=C(c1cc(NCC2CCCO2)ccn1)N1CCCCCC1. The van der Waals surface area contributed by atoms with E-state index in [1.807, 2.05) is 17.0 Å². The van der Waals surface area contributed by atoms with E-state index in [-0.39, 0.29) is 12.0 Å². The van der Waals surface area contributed by atoms with E-state index >= 15 is 0 Å². The Morgan fingerprint density at radius 3 is 2.82 bits per heavy atom. The fourth-order valence-corrected chi connectivity index (χ4v) is 3.13. The molecule has 120 valence electrons. The molecule has 2 aliphatic heterocycles. The standard InChI is InChI=1S/C17H25N3O2/c21-17(20-9-3-1-2-4-10-20)16-12-14(7-8-18-16)19-13-15-6-5-11-22-15/h7-8,12,15H,1-6,9-11,13H2,(H,18,19). The van der Waals surface area contributed by atoms with Gasteiger partial charge in [-0.05, 0) is 37.8 Å². The highest BCUT2D eigenvalue weighted by atomic mass is 16.5. The van der Waals surface area contributed by atoms with Gasteiger partial charge in [-0.1, -0.05) is 12.8 Å². The number of likely N-dealkylation sites (tertiary alicyclic amines) is 1. The Morgan fingerprint density at radius 2 is 2.09 bits per heavy atom. The summed E-state index contributed by atoms with van der Waals surface area (Å²) >= 11 is 0. The maximum absolute atomic E-state index is 12.6. The third-order valence-electron chi connectivity index (χ3n) is 4.43. The van der Waals surface area contributed by atoms with Crippen molar-refractivity contribution in [3.05, 3.63) is 24.0 Å². The molecule has 0 spiro atoms. The highest BCUT2D eigenvalue weighted by Crippen LogP contribution is 2.16. The number of nitrogens with one attached hydrogen (secondary N) is 1. The fraction of sp³-hybridized carbons (Fsp3) is 0.647. The Balaban J connectivity index is 1.60. The van der Waals surface area contributed by atoms with E-state index in [0.29, 0.717) is 5.69 Å². The molecule has 2 aliphatic rings. The van der Waals surface area contributed by atoms with Crippen molar-refractivity contribution in [2.24, 2.45) is 0 Å². The highest BCUT2D eigenvalue weighted by Gasteiger charge is 2.19. The lowest BCUT2D eigenvalue weighted by Crippen LogP contribution is -2.32. The molecule has 0 aromatic carbocycles. The Labute approximate surface area is 132 Å². The van der Waals surface area contributed by atoms with Crippen molar-refractivity contribution in [1.29, 1.82) is 0 Å². The summed E-state index contributed by atoms with van der Waals surface area (Å²) in [5, 5.41) is 3.36. The maximum Gasteiger partial charge on any atom is 0.272 e. The Hall–Kier alpha value is -1.62. The van der Waals surface area contributed by atoms with Crippen molar-refractivity contribution in [1.82, 2.24) is 9.88 Å². The van der Waals surface area contributed by atoms with Gasteiger partial charge < -0.3 is 15.0 Å². The van der Waals surface area contributed by atoms with Gasteiger partial charge in [0.2, 0.25) is 0 Å². The van der Waals surface area contributed by atoms with Gasteiger partial charge in [0.25, 0.3) is 5.91 Å². The van der Waals surface area contributed by atoms with E-state index in [1.54, 1.807) is 6.20 Å². The average molecular weight is 303 g/mol.